The summed E-state index contributed by atoms with van der Waals surface area (Å²) in [7, 11) is 0. The minimum absolute atomic E-state index is 0.464. The van der Waals surface area contributed by atoms with Crippen LogP contribution in [0.5, 0.6) is 0 Å². The van der Waals surface area contributed by atoms with Crippen LogP contribution >= 0.6 is 23.4 Å². The van der Waals surface area contributed by atoms with Gasteiger partial charge >= 0.3 is 5.97 Å². The Bertz CT molecular complexity index is 1260. The van der Waals surface area contributed by atoms with E-state index in [2.05, 4.69) is 5.16 Å². The van der Waals surface area contributed by atoms with Gasteiger partial charge in [0.05, 0.1) is 17.3 Å². The van der Waals surface area contributed by atoms with Crippen molar-refractivity contribution in [3.63, 3.8) is 0 Å². The van der Waals surface area contributed by atoms with E-state index in [1.807, 2.05) is 73.7 Å². The molecular formula is C25H19ClN2O2S. The first kappa shape index (κ1) is 21.1. The third-order valence-corrected chi connectivity index (χ3v) is 5.92. The first-order valence-electron chi connectivity index (χ1n) is 9.67. The number of hydrogen-bond donors (Lipinski definition) is 0. The van der Waals surface area contributed by atoms with E-state index in [1.54, 1.807) is 23.9 Å². The fourth-order valence-electron chi connectivity index (χ4n) is 3.01. The van der Waals surface area contributed by atoms with Crippen molar-refractivity contribution < 1.29 is 9.63 Å². The zero-order valence-corrected chi connectivity index (χ0v) is 18.4. The summed E-state index contributed by atoms with van der Waals surface area (Å²) < 4.78 is 0. The van der Waals surface area contributed by atoms with Gasteiger partial charge in [0.15, 0.2) is 0 Å². The number of carbonyl (C=O) groups is 1. The lowest BCUT2D eigenvalue weighted by molar-refractivity contribution is 0.0519. The van der Waals surface area contributed by atoms with Crippen LogP contribution in [0.2, 0.25) is 5.02 Å². The van der Waals surface area contributed by atoms with E-state index in [0.29, 0.717) is 10.6 Å². The minimum Gasteiger partial charge on any atom is -0.313 e. The molecule has 4 rings (SSSR count). The van der Waals surface area contributed by atoms with Crippen LogP contribution in [0.3, 0.4) is 0 Å². The average Bonchev–Trinajstić information content (AvgIpc) is 2.78. The normalized spacial score (nSPS) is 11.2. The quantitative estimate of drug-likeness (QED) is 0.143. The number of benzene rings is 3. The lowest BCUT2D eigenvalue weighted by Gasteiger charge is -2.08. The Morgan fingerprint density at radius 2 is 1.87 bits per heavy atom. The van der Waals surface area contributed by atoms with Gasteiger partial charge in [-0.1, -0.05) is 64.8 Å². The van der Waals surface area contributed by atoms with Crippen molar-refractivity contribution in [1.82, 2.24) is 4.98 Å². The molecule has 4 nitrogen and oxygen atoms in total. The Morgan fingerprint density at radius 1 is 1.06 bits per heavy atom. The molecule has 3 aromatic carbocycles. The SMILES string of the molecule is Cc1cccc(C(=O)O/N=C/c2cc3ccccc3nc2SCc2ccc(Cl)cc2)c1. The molecule has 0 spiro atoms. The van der Waals surface area contributed by atoms with Gasteiger partial charge in [0.25, 0.3) is 0 Å². The van der Waals surface area contributed by atoms with Crippen LogP contribution < -0.4 is 0 Å². The molecule has 6 heteroatoms. The second-order valence-corrected chi connectivity index (χ2v) is 8.37. The largest absolute Gasteiger partial charge is 0.365 e. The maximum absolute atomic E-state index is 12.3. The summed E-state index contributed by atoms with van der Waals surface area (Å²) in [5, 5.41) is 6.45. The van der Waals surface area contributed by atoms with Crippen molar-refractivity contribution in [3.05, 3.63) is 106 Å². The summed E-state index contributed by atoms with van der Waals surface area (Å²) in [5.41, 5.74) is 4.27. The summed E-state index contributed by atoms with van der Waals surface area (Å²) in [6.07, 6.45) is 1.54. The first-order chi connectivity index (χ1) is 15.1. The summed E-state index contributed by atoms with van der Waals surface area (Å²) in [5.74, 6) is 0.232. The summed E-state index contributed by atoms with van der Waals surface area (Å²) in [6, 6.07) is 24.8. The van der Waals surface area contributed by atoms with E-state index in [9.17, 15) is 4.79 Å². The average molecular weight is 447 g/mol. The number of oxime groups is 1. The maximum Gasteiger partial charge on any atom is 0.365 e. The molecule has 0 bridgehead atoms. The predicted octanol–water partition coefficient (Wildman–Crippen LogP) is 6.68. The number of fused-ring (bicyclic) bond motifs is 1. The highest BCUT2D eigenvalue weighted by molar-refractivity contribution is 7.98. The Balaban J connectivity index is 1.55. The Morgan fingerprint density at radius 3 is 2.68 bits per heavy atom. The Kier molecular flexibility index (Phi) is 6.65. The molecule has 0 aliphatic rings. The van der Waals surface area contributed by atoms with E-state index in [-0.39, 0.29) is 0 Å². The third-order valence-electron chi connectivity index (χ3n) is 4.59. The highest BCUT2D eigenvalue weighted by Crippen LogP contribution is 2.27. The van der Waals surface area contributed by atoms with E-state index in [4.69, 9.17) is 21.4 Å². The summed E-state index contributed by atoms with van der Waals surface area (Å²) >= 11 is 7.57. The van der Waals surface area contributed by atoms with Crippen LogP contribution in [0.4, 0.5) is 0 Å². The highest BCUT2D eigenvalue weighted by Gasteiger charge is 2.09. The number of aromatic nitrogens is 1. The smallest absolute Gasteiger partial charge is 0.313 e. The number of aryl methyl sites for hydroxylation is 1. The molecule has 0 fully saturated rings. The molecule has 4 aromatic rings. The number of hydrogen-bond acceptors (Lipinski definition) is 5. The van der Waals surface area contributed by atoms with Crippen LogP contribution in [0.15, 0.2) is 89.0 Å². The monoisotopic (exact) mass is 446 g/mol. The molecule has 1 aromatic heterocycles. The number of para-hydroxylation sites is 1. The van der Waals surface area contributed by atoms with Crippen molar-refractivity contribution in [2.24, 2.45) is 5.16 Å². The maximum atomic E-state index is 12.3. The van der Waals surface area contributed by atoms with E-state index < -0.39 is 5.97 Å². The molecule has 31 heavy (non-hydrogen) atoms. The van der Waals surface area contributed by atoms with E-state index in [1.165, 1.54) is 6.21 Å². The molecule has 0 atom stereocenters. The standard InChI is InChI=1S/C25H19ClN2O2S/c1-17-5-4-7-20(13-17)25(29)30-27-15-21-14-19-6-2-3-8-23(19)28-24(21)31-16-18-9-11-22(26)12-10-18/h2-15H,16H2,1H3/b27-15+. The van der Waals surface area contributed by atoms with Crippen LogP contribution in [0.25, 0.3) is 10.9 Å². The first-order valence-corrected chi connectivity index (χ1v) is 11.0. The fourth-order valence-corrected chi connectivity index (χ4v) is 4.07. The van der Waals surface area contributed by atoms with Gasteiger partial charge in [0.1, 0.15) is 5.03 Å². The molecule has 0 N–H and O–H groups in total. The molecule has 0 saturated carbocycles. The Labute approximate surface area is 189 Å². The van der Waals surface area contributed by atoms with E-state index >= 15 is 0 Å². The van der Waals surface area contributed by atoms with Crippen molar-refractivity contribution >= 4 is 46.4 Å². The number of rotatable bonds is 6. The topological polar surface area (TPSA) is 51.5 Å². The molecule has 0 aliphatic carbocycles. The van der Waals surface area contributed by atoms with Gasteiger partial charge in [-0.05, 0) is 48.9 Å². The molecule has 0 aliphatic heterocycles. The highest BCUT2D eigenvalue weighted by atomic mass is 35.5. The third kappa shape index (κ3) is 5.51. The number of halogens is 1. The van der Waals surface area contributed by atoms with Gasteiger partial charge in [-0.2, -0.15) is 0 Å². The van der Waals surface area contributed by atoms with Crippen molar-refractivity contribution in [1.29, 1.82) is 0 Å². The van der Waals surface area contributed by atoms with Crippen LogP contribution in [0.1, 0.15) is 27.0 Å². The van der Waals surface area contributed by atoms with E-state index in [0.717, 1.165) is 38.4 Å². The summed E-state index contributed by atoms with van der Waals surface area (Å²) in [6.45, 7) is 1.92. The molecule has 0 amide bonds. The number of pyridine rings is 1. The lowest BCUT2D eigenvalue weighted by Crippen LogP contribution is -2.01. The van der Waals surface area contributed by atoms with Gasteiger partial charge < -0.3 is 4.84 Å². The van der Waals surface area contributed by atoms with Crippen molar-refractivity contribution in [2.75, 3.05) is 0 Å². The number of thioether (sulfide) groups is 1. The fraction of sp³-hybridized carbons (Fsp3) is 0.0800. The molecule has 1 heterocycles. The zero-order valence-electron chi connectivity index (χ0n) is 16.8. The van der Waals surface area contributed by atoms with Gasteiger partial charge in [0, 0.05) is 21.7 Å². The zero-order chi connectivity index (χ0) is 21.6. The molecule has 0 unspecified atom stereocenters. The number of nitrogens with zero attached hydrogens (tertiary/aromatic N) is 2. The van der Waals surface area contributed by atoms with Crippen LogP contribution in [-0.4, -0.2) is 17.2 Å². The van der Waals surface area contributed by atoms with Gasteiger partial charge in [-0.25, -0.2) is 9.78 Å². The molecule has 154 valence electrons. The minimum atomic E-state index is -0.496. The van der Waals surface area contributed by atoms with Crippen LogP contribution in [-0.2, 0) is 10.6 Å². The molecule has 0 radical (unpaired) electrons. The van der Waals surface area contributed by atoms with Gasteiger partial charge in [-0.15, -0.1) is 11.8 Å². The Hall–Kier alpha value is -3.15. The van der Waals surface area contributed by atoms with Gasteiger partial charge in [0.2, 0.25) is 0 Å². The lowest BCUT2D eigenvalue weighted by atomic mass is 10.1. The second-order valence-electron chi connectivity index (χ2n) is 6.97. The molecular weight excluding hydrogens is 428 g/mol. The predicted molar refractivity (Wildman–Crippen MR) is 127 cm³/mol. The van der Waals surface area contributed by atoms with Crippen LogP contribution in [0, 0.1) is 6.92 Å². The van der Waals surface area contributed by atoms with Crippen molar-refractivity contribution in [3.8, 4) is 0 Å². The second kappa shape index (κ2) is 9.77. The van der Waals surface area contributed by atoms with Gasteiger partial charge in [-0.3, -0.25) is 0 Å². The summed E-state index contributed by atoms with van der Waals surface area (Å²) in [4.78, 5) is 22.1. The molecule has 0 saturated heterocycles. The van der Waals surface area contributed by atoms with Crippen molar-refractivity contribution in [2.45, 2.75) is 17.7 Å². The number of carbonyl (C=O) groups excluding carboxylic acids is 1.